The first-order chi connectivity index (χ1) is 9.11. The molecule has 0 aromatic carbocycles. The number of morpholine rings is 1. The van der Waals surface area contributed by atoms with E-state index in [1.807, 2.05) is 0 Å². The van der Waals surface area contributed by atoms with Crippen molar-refractivity contribution in [1.29, 1.82) is 0 Å². The van der Waals surface area contributed by atoms with Crippen LogP contribution in [-0.4, -0.2) is 36.3 Å². The van der Waals surface area contributed by atoms with E-state index < -0.39 is 0 Å². The Labute approximate surface area is 116 Å². The standard InChI is InChI=1S/C15H25N3O/c1-5-14-13(10-11(2)3)12(4)16-15(17-14)18-6-8-19-9-7-18/h11H,5-10H2,1-4H3. The molecule has 4 nitrogen and oxygen atoms in total. The fourth-order valence-corrected chi connectivity index (χ4v) is 2.51. The Morgan fingerprint density at radius 1 is 1.21 bits per heavy atom. The fraction of sp³-hybridized carbons (Fsp3) is 0.733. The van der Waals surface area contributed by atoms with Crippen LogP contribution in [0.1, 0.15) is 37.7 Å². The smallest absolute Gasteiger partial charge is 0.225 e. The molecule has 1 saturated heterocycles. The minimum Gasteiger partial charge on any atom is -0.378 e. The van der Waals surface area contributed by atoms with Crippen LogP contribution in [0.5, 0.6) is 0 Å². The minimum absolute atomic E-state index is 0.641. The lowest BCUT2D eigenvalue weighted by atomic mass is 9.99. The van der Waals surface area contributed by atoms with E-state index in [4.69, 9.17) is 14.7 Å². The van der Waals surface area contributed by atoms with Crippen LogP contribution in [0, 0.1) is 12.8 Å². The second-order valence-electron chi connectivity index (χ2n) is 5.59. The van der Waals surface area contributed by atoms with Crippen LogP contribution in [0.25, 0.3) is 0 Å². The van der Waals surface area contributed by atoms with Crippen molar-refractivity contribution in [2.24, 2.45) is 5.92 Å². The summed E-state index contributed by atoms with van der Waals surface area (Å²) >= 11 is 0. The number of ether oxygens (including phenoxy) is 1. The summed E-state index contributed by atoms with van der Waals surface area (Å²) in [5, 5.41) is 0. The van der Waals surface area contributed by atoms with E-state index in [-0.39, 0.29) is 0 Å². The summed E-state index contributed by atoms with van der Waals surface area (Å²) in [5.74, 6) is 1.52. The number of hydrogen-bond acceptors (Lipinski definition) is 4. The second-order valence-corrected chi connectivity index (χ2v) is 5.59. The van der Waals surface area contributed by atoms with Crippen LogP contribution in [0.4, 0.5) is 5.95 Å². The van der Waals surface area contributed by atoms with Crippen molar-refractivity contribution in [1.82, 2.24) is 9.97 Å². The zero-order chi connectivity index (χ0) is 13.8. The predicted molar refractivity (Wildman–Crippen MR) is 77.7 cm³/mol. The van der Waals surface area contributed by atoms with Gasteiger partial charge >= 0.3 is 0 Å². The summed E-state index contributed by atoms with van der Waals surface area (Å²) in [7, 11) is 0. The molecule has 0 radical (unpaired) electrons. The lowest BCUT2D eigenvalue weighted by Gasteiger charge is -2.28. The third-order valence-electron chi connectivity index (χ3n) is 3.53. The number of aryl methyl sites for hydroxylation is 2. The molecule has 2 heterocycles. The van der Waals surface area contributed by atoms with Gasteiger partial charge in [-0.3, -0.25) is 0 Å². The molecule has 0 aliphatic carbocycles. The quantitative estimate of drug-likeness (QED) is 0.836. The lowest BCUT2D eigenvalue weighted by Crippen LogP contribution is -2.37. The highest BCUT2D eigenvalue weighted by Crippen LogP contribution is 2.20. The first-order valence-electron chi connectivity index (χ1n) is 7.31. The van der Waals surface area contributed by atoms with Crippen LogP contribution in [-0.2, 0) is 17.6 Å². The summed E-state index contributed by atoms with van der Waals surface area (Å²) in [6.07, 6.45) is 2.04. The van der Waals surface area contributed by atoms with Gasteiger partial charge in [-0.1, -0.05) is 20.8 Å². The Balaban J connectivity index is 2.29. The van der Waals surface area contributed by atoms with E-state index in [9.17, 15) is 0 Å². The molecule has 4 heteroatoms. The Kier molecular flexibility index (Phi) is 4.75. The molecule has 1 aliphatic heterocycles. The summed E-state index contributed by atoms with van der Waals surface area (Å²) in [6, 6.07) is 0. The maximum atomic E-state index is 5.39. The van der Waals surface area contributed by atoms with Crippen molar-refractivity contribution in [2.75, 3.05) is 31.2 Å². The number of hydrogen-bond donors (Lipinski definition) is 0. The molecule has 2 rings (SSSR count). The number of rotatable bonds is 4. The maximum absolute atomic E-state index is 5.39. The summed E-state index contributed by atoms with van der Waals surface area (Å²) in [5.41, 5.74) is 3.69. The predicted octanol–water partition coefficient (Wildman–Crippen LogP) is 2.38. The first kappa shape index (κ1) is 14.3. The lowest BCUT2D eigenvalue weighted by molar-refractivity contribution is 0.122. The van der Waals surface area contributed by atoms with Gasteiger partial charge in [-0.25, -0.2) is 9.97 Å². The second kappa shape index (κ2) is 6.33. The van der Waals surface area contributed by atoms with Crippen molar-refractivity contribution in [3.05, 3.63) is 17.0 Å². The van der Waals surface area contributed by atoms with Gasteiger partial charge in [-0.05, 0) is 31.2 Å². The maximum Gasteiger partial charge on any atom is 0.225 e. The van der Waals surface area contributed by atoms with Crippen LogP contribution in [0.15, 0.2) is 0 Å². The van der Waals surface area contributed by atoms with Crippen molar-refractivity contribution in [2.45, 2.75) is 40.5 Å². The SMILES string of the molecule is CCc1nc(N2CCOCC2)nc(C)c1CC(C)C. The first-order valence-corrected chi connectivity index (χ1v) is 7.31. The molecule has 0 bridgehead atoms. The molecule has 1 fully saturated rings. The van der Waals surface area contributed by atoms with Crippen LogP contribution < -0.4 is 4.90 Å². The molecule has 1 aliphatic rings. The Morgan fingerprint density at radius 3 is 2.47 bits per heavy atom. The topological polar surface area (TPSA) is 38.2 Å². The fourth-order valence-electron chi connectivity index (χ4n) is 2.51. The van der Waals surface area contributed by atoms with Crippen LogP contribution in [0.2, 0.25) is 0 Å². The van der Waals surface area contributed by atoms with E-state index in [0.717, 1.165) is 50.8 Å². The molecule has 0 atom stereocenters. The molecule has 0 spiro atoms. The highest BCUT2D eigenvalue weighted by atomic mass is 16.5. The van der Waals surface area contributed by atoms with Gasteiger partial charge in [0.1, 0.15) is 0 Å². The van der Waals surface area contributed by atoms with E-state index in [1.165, 1.54) is 11.3 Å². The van der Waals surface area contributed by atoms with Crippen molar-refractivity contribution in [3.63, 3.8) is 0 Å². The Morgan fingerprint density at radius 2 is 1.89 bits per heavy atom. The summed E-state index contributed by atoms with van der Waals surface area (Å²) < 4.78 is 5.39. The number of aromatic nitrogens is 2. The van der Waals surface area contributed by atoms with Gasteiger partial charge in [0.2, 0.25) is 5.95 Å². The van der Waals surface area contributed by atoms with Gasteiger partial charge in [0.25, 0.3) is 0 Å². The molecule has 0 amide bonds. The van der Waals surface area contributed by atoms with E-state index in [1.54, 1.807) is 0 Å². The molecular weight excluding hydrogens is 238 g/mol. The zero-order valence-electron chi connectivity index (χ0n) is 12.6. The van der Waals surface area contributed by atoms with Gasteiger partial charge in [0, 0.05) is 24.5 Å². The Hall–Kier alpha value is -1.16. The van der Waals surface area contributed by atoms with E-state index in [2.05, 4.69) is 32.6 Å². The number of nitrogens with zero attached hydrogens (tertiary/aromatic N) is 3. The molecule has 1 aromatic heterocycles. The average Bonchev–Trinajstić information content (AvgIpc) is 2.41. The normalized spacial score (nSPS) is 16.2. The molecule has 1 aromatic rings. The molecule has 106 valence electrons. The van der Waals surface area contributed by atoms with Gasteiger partial charge in [-0.2, -0.15) is 0 Å². The van der Waals surface area contributed by atoms with Crippen molar-refractivity contribution < 1.29 is 4.74 Å². The largest absolute Gasteiger partial charge is 0.378 e. The zero-order valence-corrected chi connectivity index (χ0v) is 12.6. The van der Waals surface area contributed by atoms with Gasteiger partial charge < -0.3 is 9.64 Å². The van der Waals surface area contributed by atoms with Crippen LogP contribution >= 0.6 is 0 Å². The molecule has 0 N–H and O–H groups in total. The van der Waals surface area contributed by atoms with Crippen LogP contribution in [0.3, 0.4) is 0 Å². The summed E-state index contributed by atoms with van der Waals surface area (Å²) in [4.78, 5) is 11.7. The Bertz CT molecular complexity index is 426. The molecule has 0 unspecified atom stereocenters. The average molecular weight is 263 g/mol. The minimum atomic E-state index is 0.641. The highest BCUT2D eigenvalue weighted by Gasteiger charge is 2.17. The van der Waals surface area contributed by atoms with Gasteiger partial charge in [-0.15, -0.1) is 0 Å². The molecule has 19 heavy (non-hydrogen) atoms. The van der Waals surface area contributed by atoms with E-state index in [0.29, 0.717) is 5.92 Å². The monoisotopic (exact) mass is 263 g/mol. The third kappa shape index (κ3) is 3.44. The van der Waals surface area contributed by atoms with E-state index >= 15 is 0 Å². The molecule has 0 saturated carbocycles. The third-order valence-corrected chi connectivity index (χ3v) is 3.53. The van der Waals surface area contributed by atoms with Gasteiger partial charge in [0.05, 0.1) is 13.2 Å². The van der Waals surface area contributed by atoms with Crippen molar-refractivity contribution >= 4 is 5.95 Å². The highest BCUT2D eigenvalue weighted by molar-refractivity contribution is 5.37. The number of anilines is 1. The molecular formula is C15H25N3O. The van der Waals surface area contributed by atoms with Crippen molar-refractivity contribution in [3.8, 4) is 0 Å². The summed E-state index contributed by atoms with van der Waals surface area (Å²) in [6.45, 7) is 12.1. The van der Waals surface area contributed by atoms with Gasteiger partial charge in [0.15, 0.2) is 0 Å².